The van der Waals surface area contributed by atoms with Gasteiger partial charge in [-0.05, 0) is 48.8 Å². The lowest BCUT2D eigenvalue weighted by atomic mass is 10.2. The summed E-state index contributed by atoms with van der Waals surface area (Å²) >= 11 is 2.18. The van der Waals surface area contributed by atoms with Crippen LogP contribution in [0.25, 0.3) is 0 Å². The average Bonchev–Trinajstić information content (AvgIpc) is 1.94. The summed E-state index contributed by atoms with van der Waals surface area (Å²) in [4.78, 5) is 2.03. The van der Waals surface area contributed by atoms with Crippen molar-refractivity contribution in [3.8, 4) is 5.75 Å². The molecule has 0 amide bonds. The van der Waals surface area contributed by atoms with Gasteiger partial charge in [0.05, 0.1) is 0 Å². The summed E-state index contributed by atoms with van der Waals surface area (Å²) in [6.07, 6.45) is 0. The van der Waals surface area contributed by atoms with Crippen LogP contribution in [0.4, 0.5) is 0 Å². The zero-order valence-corrected chi connectivity index (χ0v) is 9.37. The molecule has 0 spiro atoms. The second kappa shape index (κ2) is 4.09. The van der Waals surface area contributed by atoms with E-state index in [9.17, 15) is 5.11 Å². The molecule has 1 N–H and O–H groups in total. The molecule has 0 saturated carbocycles. The predicted molar refractivity (Wildman–Crippen MR) is 58.2 cm³/mol. The van der Waals surface area contributed by atoms with E-state index in [1.54, 1.807) is 6.07 Å². The van der Waals surface area contributed by atoms with E-state index in [4.69, 9.17) is 0 Å². The largest absolute Gasteiger partial charge is 0.508 e. The highest BCUT2D eigenvalue weighted by Crippen LogP contribution is 2.20. The molecular formula is C9H12INO. The molecule has 66 valence electrons. The summed E-state index contributed by atoms with van der Waals surface area (Å²) in [5.41, 5.74) is 0.973. The molecule has 1 aromatic carbocycles. The van der Waals surface area contributed by atoms with Crippen LogP contribution in [0.5, 0.6) is 5.75 Å². The quantitative estimate of drug-likeness (QED) is 0.836. The molecule has 0 aromatic heterocycles. The van der Waals surface area contributed by atoms with Gasteiger partial charge in [0, 0.05) is 15.7 Å². The number of aromatic hydroxyl groups is 1. The number of rotatable bonds is 2. The van der Waals surface area contributed by atoms with Crippen LogP contribution in [0.1, 0.15) is 5.56 Å². The van der Waals surface area contributed by atoms with E-state index in [1.165, 1.54) is 0 Å². The van der Waals surface area contributed by atoms with E-state index in [2.05, 4.69) is 22.6 Å². The summed E-state index contributed by atoms with van der Waals surface area (Å²) in [6, 6.07) is 5.73. The van der Waals surface area contributed by atoms with Gasteiger partial charge in [-0.15, -0.1) is 0 Å². The van der Waals surface area contributed by atoms with E-state index in [0.29, 0.717) is 5.75 Å². The Labute approximate surface area is 86.3 Å². The maximum absolute atomic E-state index is 9.51. The van der Waals surface area contributed by atoms with Crippen molar-refractivity contribution < 1.29 is 5.11 Å². The summed E-state index contributed by atoms with van der Waals surface area (Å²) in [5.74, 6) is 0.385. The van der Waals surface area contributed by atoms with Crippen molar-refractivity contribution in [3.05, 3.63) is 27.3 Å². The molecule has 2 nitrogen and oxygen atoms in total. The average molecular weight is 277 g/mol. The molecular weight excluding hydrogens is 265 g/mol. The SMILES string of the molecule is CN(C)Cc1ccc(I)cc1O. The molecule has 1 aromatic rings. The van der Waals surface area contributed by atoms with E-state index in [0.717, 1.165) is 15.7 Å². The number of hydrogen-bond acceptors (Lipinski definition) is 2. The van der Waals surface area contributed by atoms with Crippen molar-refractivity contribution in [2.24, 2.45) is 0 Å². The fraction of sp³-hybridized carbons (Fsp3) is 0.333. The summed E-state index contributed by atoms with van der Waals surface area (Å²) in [7, 11) is 3.97. The van der Waals surface area contributed by atoms with Gasteiger partial charge in [0.25, 0.3) is 0 Å². The lowest BCUT2D eigenvalue weighted by Gasteiger charge is -2.10. The lowest BCUT2D eigenvalue weighted by Crippen LogP contribution is -2.10. The van der Waals surface area contributed by atoms with Gasteiger partial charge in [0.15, 0.2) is 0 Å². The van der Waals surface area contributed by atoms with Gasteiger partial charge in [-0.1, -0.05) is 6.07 Å². The molecule has 3 heteroatoms. The zero-order valence-electron chi connectivity index (χ0n) is 7.21. The molecule has 1 rings (SSSR count). The van der Waals surface area contributed by atoms with Gasteiger partial charge in [0.2, 0.25) is 0 Å². The van der Waals surface area contributed by atoms with Crippen molar-refractivity contribution in [2.75, 3.05) is 14.1 Å². The Balaban J connectivity index is 2.86. The van der Waals surface area contributed by atoms with Crippen molar-refractivity contribution in [1.29, 1.82) is 0 Å². The second-order valence-electron chi connectivity index (χ2n) is 3.01. The predicted octanol–water partition coefficient (Wildman–Crippen LogP) is 2.06. The highest BCUT2D eigenvalue weighted by molar-refractivity contribution is 14.1. The van der Waals surface area contributed by atoms with Crippen LogP contribution in [-0.2, 0) is 6.54 Å². The molecule has 0 bridgehead atoms. The summed E-state index contributed by atoms with van der Waals surface area (Å²) in [5, 5.41) is 9.51. The molecule has 0 heterocycles. The van der Waals surface area contributed by atoms with Gasteiger partial charge in [-0.3, -0.25) is 0 Å². The van der Waals surface area contributed by atoms with Crippen molar-refractivity contribution in [1.82, 2.24) is 4.90 Å². The Kier molecular flexibility index (Phi) is 3.34. The van der Waals surface area contributed by atoms with Crippen molar-refractivity contribution >= 4 is 22.6 Å². The minimum absolute atomic E-state index is 0.385. The Morgan fingerprint density at radius 3 is 2.58 bits per heavy atom. The molecule has 0 fully saturated rings. The Morgan fingerprint density at radius 2 is 2.08 bits per heavy atom. The number of phenols is 1. The molecule has 0 unspecified atom stereocenters. The van der Waals surface area contributed by atoms with E-state index >= 15 is 0 Å². The van der Waals surface area contributed by atoms with Crippen LogP contribution in [0.15, 0.2) is 18.2 Å². The van der Waals surface area contributed by atoms with Gasteiger partial charge in [0.1, 0.15) is 5.75 Å². The molecule has 0 saturated heterocycles. The van der Waals surface area contributed by atoms with E-state index < -0.39 is 0 Å². The van der Waals surface area contributed by atoms with Crippen LogP contribution in [0.2, 0.25) is 0 Å². The topological polar surface area (TPSA) is 23.5 Å². The maximum atomic E-state index is 9.51. The zero-order chi connectivity index (χ0) is 9.14. The molecule has 0 aliphatic rings. The standard InChI is InChI=1S/C9H12INO/c1-11(2)6-7-3-4-8(10)5-9(7)12/h3-5,12H,6H2,1-2H3. The van der Waals surface area contributed by atoms with Crippen molar-refractivity contribution in [2.45, 2.75) is 6.54 Å². The fourth-order valence-electron chi connectivity index (χ4n) is 1.01. The minimum Gasteiger partial charge on any atom is -0.508 e. The third-order valence-electron chi connectivity index (χ3n) is 1.53. The third-order valence-corrected chi connectivity index (χ3v) is 2.20. The first-order valence-electron chi connectivity index (χ1n) is 3.71. The highest BCUT2D eigenvalue weighted by atomic mass is 127. The first-order valence-corrected chi connectivity index (χ1v) is 4.79. The summed E-state index contributed by atoms with van der Waals surface area (Å²) in [6.45, 7) is 0.781. The van der Waals surface area contributed by atoms with Crippen molar-refractivity contribution in [3.63, 3.8) is 0 Å². The Morgan fingerprint density at radius 1 is 1.42 bits per heavy atom. The first-order chi connectivity index (χ1) is 5.59. The fourth-order valence-corrected chi connectivity index (χ4v) is 1.49. The molecule has 0 atom stereocenters. The Hall–Kier alpha value is -0.290. The number of hydrogen-bond donors (Lipinski definition) is 1. The molecule has 0 radical (unpaired) electrons. The smallest absolute Gasteiger partial charge is 0.121 e. The highest BCUT2D eigenvalue weighted by Gasteiger charge is 2.01. The number of nitrogens with zero attached hydrogens (tertiary/aromatic N) is 1. The maximum Gasteiger partial charge on any atom is 0.121 e. The Bertz CT molecular complexity index is 273. The molecule has 12 heavy (non-hydrogen) atoms. The number of phenolic OH excluding ortho intramolecular Hbond substituents is 1. The summed E-state index contributed by atoms with van der Waals surface area (Å²) < 4.78 is 1.06. The number of benzene rings is 1. The van der Waals surface area contributed by atoms with Gasteiger partial charge < -0.3 is 10.0 Å². The van der Waals surface area contributed by atoms with Gasteiger partial charge in [-0.2, -0.15) is 0 Å². The minimum atomic E-state index is 0.385. The van der Waals surface area contributed by atoms with Crippen LogP contribution >= 0.6 is 22.6 Å². The number of halogens is 1. The van der Waals surface area contributed by atoms with Crippen LogP contribution in [-0.4, -0.2) is 24.1 Å². The molecule has 0 aliphatic heterocycles. The normalized spacial score (nSPS) is 10.7. The van der Waals surface area contributed by atoms with E-state index in [1.807, 2.05) is 31.1 Å². The molecule has 0 aliphatic carbocycles. The monoisotopic (exact) mass is 277 g/mol. The van der Waals surface area contributed by atoms with Gasteiger partial charge >= 0.3 is 0 Å². The second-order valence-corrected chi connectivity index (χ2v) is 4.26. The third kappa shape index (κ3) is 2.64. The lowest BCUT2D eigenvalue weighted by molar-refractivity contribution is 0.385. The van der Waals surface area contributed by atoms with Crippen LogP contribution in [0.3, 0.4) is 0 Å². The van der Waals surface area contributed by atoms with Crippen LogP contribution < -0.4 is 0 Å². The van der Waals surface area contributed by atoms with Crippen LogP contribution in [0, 0.1) is 3.57 Å². The van der Waals surface area contributed by atoms with E-state index in [-0.39, 0.29) is 0 Å². The first kappa shape index (κ1) is 9.80. The van der Waals surface area contributed by atoms with Gasteiger partial charge in [-0.25, -0.2) is 0 Å².